The number of nitro benzene ring substituents is 1. The molecule has 1 aromatic carbocycles. The highest BCUT2D eigenvalue weighted by atomic mass is 16.9. The van der Waals surface area contributed by atoms with E-state index >= 15 is 0 Å². The van der Waals surface area contributed by atoms with Gasteiger partial charge in [-0.15, -0.1) is 5.23 Å². The van der Waals surface area contributed by atoms with E-state index < -0.39 is 4.92 Å². The van der Waals surface area contributed by atoms with Gasteiger partial charge in [0.15, 0.2) is 5.75 Å². The zero-order valence-corrected chi connectivity index (χ0v) is 11.8. The van der Waals surface area contributed by atoms with E-state index in [2.05, 4.69) is 0 Å². The lowest BCUT2D eigenvalue weighted by atomic mass is 10.2. The van der Waals surface area contributed by atoms with Crippen LogP contribution in [0.25, 0.3) is 0 Å². The van der Waals surface area contributed by atoms with E-state index in [0.29, 0.717) is 19.8 Å². The first kappa shape index (κ1) is 16.0. The number of anilines is 2. The molecule has 0 atom stereocenters. The molecule has 0 heterocycles. The fourth-order valence-corrected chi connectivity index (χ4v) is 1.61. The Morgan fingerprint density at radius 3 is 2.25 bits per heavy atom. The van der Waals surface area contributed by atoms with Crippen LogP contribution in [0.5, 0.6) is 5.75 Å². The minimum Gasteiger partial charge on any atom is -0.487 e. The molecule has 2 N–H and O–H groups in total. The zero-order valence-electron chi connectivity index (χ0n) is 11.8. The summed E-state index contributed by atoms with van der Waals surface area (Å²) in [5.74, 6) is 0.117. The number of benzene rings is 1. The molecule has 0 amide bonds. The quantitative estimate of drug-likeness (QED) is 0.444. The van der Waals surface area contributed by atoms with Gasteiger partial charge in [0.1, 0.15) is 11.4 Å². The third kappa shape index (κ3) is 3.49. The molecule has 1 rings (SSSR count). The Morgan fingerprint density at radius 1 is 1.20 bits per heavy atom. The van der Waals surface area contributed by atoms with Crippen molar-refractivity contribution < 1.29 is 19.3 Å². The van der Waals surface area contributed by atoms with Crippen LogP contribution in [0, 0.1) is 10.1 Å². The highest BCUT2D eigenvalue weighted by Gasteiger charge is 2.25. The molecule has 0 spiro atoms. The maximum Gasteiger partial charge on any atom is 0.335 e. The summed E-state index contributed by atoms with van der Waals surface area (Å²) in [6.45, 7) is 6.25. The Bertz CT molecular complexity index is 461. The standard InChI is InChI=1S/C12H19N3O5/c1-4-18-10-8-7-9(11(13)12(10)14(16)17)15(19-5-2)20-6-3/h7-8H,4-6,13H2,1-3H3. The van der Waals surface area contributed by atoms with Gasteiger partial charge in [-0.05, 0) is 32.9 Å². The Morgan fingerprint density at radius 2 is 1.80 bits per heavy atom. The van der Waals surface area contributed by atoms with Crippen LogP contribution in [-0.4, -0.2) is 24.7 Å². The van der Waals surface area contributed by atoms with E-state index in [9.17, 15) is 10.1 Å². The fraction of sp³-hybridized carbons (Fsp3) is 0.500. The molecule has 0 aliphatic rings. The Labute approximate surface area is 117 Å². The van der Waals surface area contributed by atoms with Crippen molar-refractivity contribution >= 4 is 17.1 Å². The second kappa shape index (κ2) is 7.51. The maximum atomic E-state index is 11.2. The molecule has 0 aliphatic heterocycles. The third-order valence-electron chi connectivity index (χ3n) is 2.33. The zero-order chi connectivity index (χ0) is 15.1. The van der Waals surface area contributed by atoms with Crippen LogP contribution >= 0.6 is 0 Å². The lowest BCUT2D eigenvalue weighted by Gasteiger charge is -2.22. The predicted molar refractivity (Wildman–Crippen MR) is 74.4 cm³/mol. The number of hydrogen-bond donors (Lipinski definition) is 1. The van der Waals surface area contributed by atoms with Gasteiger partial charge in [-0.2, -0.15) is 0 Å². The summed E-state index contributed by atoms with van der Waals surface area (Å²) in [4.78, 5) is 21.1. The van der Waals surface area contributed by atoms with E-state index in [-0.39, 0.29) is 22.8 Å². The number of nitrogens with zero attached hydrogens (tertiary/aromatic N) is 2. The van der Waals surface area contributed by atoms with E-state index in [0.717, 1.165) is 5.23 Å². The second-order valence-electron chi connectivity index (χ2n) is 3.63. The number of nitrogen functional groups attached to an aromatic ring is 1. The van der Waals surface area contributed by atoms with Crippen molar-refractivity contribution in [1.29, 1.82) is 0 Å². The summed E-state index contributed by atoms with van der Waals surface area (Å²) in [5, 5.41) is 12.2. The summed E-state index contributed by atoms with van der Waals surface area (Å²) < 4.78 is 5.21. The van der Waals surface area contributed by atoms with Crippen LogP contribution < -0.4 is 15.7 Å². The van der Waals surface area contributed by atoms with Crippen LogP contribution in [0.2, 0.25) is 0 Å². The molecule has 0 unspecified atom stereocenters. The maximum absolute atomic E-state index is 11.2. The van der Waals surface area contributed by atoms with Gasteiger partial charge in [-0.1, -0.05) is 0 Å². The molecule has 0 bridgehead atoms. The van der Waals surface area contributed by atoms with Gasteiger partial charge in [0.05, 0.1) is 24.7 Å². The molecule has 8 nitrogen and oxygen atoms in total. The van der Waals surface area contributed by atoms with Gasteiger partial charge < -0.3 is 10.5 Å². The highest BCUT2D eigenvalue weighted by Crippen LogP contribution is 2.40. The monoisotopic (exact) mass is 285 g/mol. The van der Waals surface area contributed by atoms with Gasteiger partial charge in [-0.3, -0.25) is 10.1 Å². The molecule has 8 heteroatoms. The SMILES string of the molecule is CCOc1ccc(N(OCC)OCC)c(N)c1[N+](=O)[O-]. The molecule has 20 heavy (non-hydrogen) atoms. The topological polar surface area (TPSA) is 100 Å². The number of rotatable bonds is 8. The summed E-state index contributed by atoms with van der Waals surface area (Å²) >= 11 is 0. The molecule has 0 fully saturated rings. The molecule has 0 aromatic heterocycles. The van der Waals surface area contributed by atoms with Crippen molar-refractivity contribution in [2.75, 3.05) is 30.8 Å². The highest BCUT2D eigenvalue weighted by molar-refractivity contribution is 5.79. The van der Waals surface area contributed by atoms with Gasteiger partial charge in [0, 0.05) is 0 Å². The van der Waals surface area contributed by atoms with Crippen molar-refractivity contribution in [1.82, 2.24) is 0 Å². The number of nitro groups is 1. The molecule has 0 saturated heterocycles. The Kier molecular flexibility index (Phi) is 6.01. The number of hydrogen-bond acceptors (Lipinski definition) is 7. The number of nitrogens with two attached hydrogens (primary N) is 1. The van der Waals surface area contributed by atoms with Crippen LogP contribution in [0.4, 0.5) is 17.1 Å². The molecular weight excluding hydrogens is 266 g/mol. The first-order valence-corrected chi connectivity index (χ1v) is 6.32. The first-order valence-electron chi connectivity index (χ1n) is 6.32. The smallest absolute Gasteiger partial charge is 0.335 e. The minimum atomic E-state index is -0.583. The van der Waals surface area contributed by atoms with Crippen molar-refractivity contribution in [3.8, 4) is 5.75 Å². The summed E-state index contributed by atoms with van der Waals surface area (Å²) in [6.07, 6.45) is 0. The second-order valence-corrected chi connectivity index (χ2v) is 3.63. The number of ether oxygens (including phenoxy) is 1. The normalized spacial score (nSPS) is 10.3. The average molecular weight is 285 g/mol. The van der Waals surface area contributed by atoms with Crippen LogP contribution in [0.1, 0.15) is 20.8 Å². The first-order chi connectivity index (χ1) is 9.56. The van der Waals surface area contributed by atoms with Crippen LogP contribution in [0.3, 0.4) is 0 Å². The van der Waals surface area contributed by atoms with Gasteiger partial charge in [-0.25, -0.2) is 9.68 Å². The molecule has 0 saturated carbocycles. The average Bonchev–Trinajstić information content (AvgIpc) is 2.39. The third-order valence-corrected chi connectivity index (χ3v) is 2.33. The summed E-state index contributed by atoms with van der Waals surface area (Å²) in [6, 6.07) is 3.02. The molecule has 0 radical (unpaired) electrons. The Balaban J connectivity index is 3.27. The van der Waals surface area contributed by atoms with E-state index in [1.807, 2.05) is 0 Å². The molecular formula is C12H19N3O5. The molecule has 0 aliphatic carbocycles. The van der Waals surface area contributed by atoms with Gasteiger partial charge >= 0.3 is 5.69 Å². The lowest BCUT2D eigenvalue weighted by molar-refractivity contribution is -0.384. The van der Waals surface area contributed by atoms with E-state index in [4.69, 9.17) is 20.1 Å². The predicted octanol–water partition coefficient (Wildman–Crippen LogP) is 2.29. The summed E-state index contributed by atoms with van der Waals surface area (Å²) in [7, 11) is 0. The van der Waals surface area contributed by atoms with Crippen molar-refractivity contribution in [3.05, 3.63) is 22.2 Å². The molecule has 1 aromatic rings. The minimum absolute atomic E-state index is 0.0668. The van der Waals surface area contributed by atoms with Crippen molar-refractivity contribution in [2.24, 2.45) is 0 Å². The summed E-state index contributed by atoms with van der Waals surface area (Å²) in [5.41, 5.74) is 5.76. The lowest BCUT2D eigenvalue weighted by Crippen LogP contribution is -2.25. The molecule has 112 valence electrons. The van der Waals surface area contributed by atoms with Gasteiger partial charge in [0.25, 0.3) is 0 Å². The largest absolute Gasteiger partial charge is 0.487 e. The van der Waals surface area contributed by atoms with Crippen molar-refractivity contribution in [2.45, 2.75) is 20.8 Å². The fourth-order valence-electron chi connectivity index (χ4n) is 1.61. The van der Waals surface area contributed by atoms with Crippen LogP contribution in [-0.2, 0) is 9.68 Å². The van der Waals surface area contributed by atoms with Crippen molar-refractivity contribution in [3.63, 3.8) is 0 Å². The van der Waals surface area contributed by atoms with Gasteiger partial charge in [0.2, 0.25) is 0 Å². The Hall–Kier alpha value is -2.06. The van der Waals surface area contributed by atoms with Crippen LogP contribution in [0.15, 0.2) is 12.1 Å². The van der Waals surface area contributed by atoms with E-state index in [1.165, 1.54) is 6.07 Å². The van der Waals surface area contributed by atoms with E-state index in [1.54, 1.807) is 26.8 Å².